The monoisotopic (exact) mass is 154 g/mol. The third-order valence-corrected chi connectivity index (χ3v) is 1.39. The van der Waals surface area contributed by atoms with Gasteiger partial charge < -0.3 is 9.73 Å². The average Bonchev–Trinajstić information content (AvgIpc) is 2.38. The van der Waals surface area contributed by atoms with Gasteiger partial charge in [0.15, 0.2) is 0 Å². The van der Waals surface area contributed by atoms with Gasteiger partial charge in [-0.15, -0.1) is 0 Å². The standard InChI is InChI=1S/C8H14N2O/c1-3-5-7-6-11-8(10-7)9-4-2/h6H,3-5H2,1-2H3,(H,9,10). The maximum Gasteiger partial charge on any atom is 0.294 e. The minimum atomic E-state index is 0.635. The Morgan fingerprint density at radius 2 is 2.36 bits per heavy atom. The van der Waals surface area contributed by atoms with Crippen LogP contribution in [-0.2, 0) is 6.42 Å². The highest BCUT2D eigenvalue weighted by atomic mass is 16.4. The fourth-order valence-electron chi connectivity index (χ4n) is 0.910. The first kappa shape index (κ1) is 8.11. The highest BCUT2D eigenvalue weighted by Gasteiger charge is 1.99. The van der Waals surface area contributed by atoms with Crippen molar-refractivity contribution in [3.05, 3.63) is 12.0 Å². The van der Waals surface area contributed by atoms with E-state index in [0.29, 0.717) is 6.01 Å². The lowest BCUT2D eigenvalue weighted by Gasteiger charge is -1.91. The lowest BCUT2D eigenvalue weighted by atomic mass is 10.3. The molecule has 0 bridgehead atoms. The van der Waals surface area contributed by atoms with Crippen molar-refractivity contribution in [3.63, 3.8) is 0 Å². The molecule has 0 amide bonds. The first-order valence-corrected chi connectivity index (χ1v) is 4.05. The Kier molecular flexibility index (Phi) is 2.95. The molecular formula is C8H14N2O. The lowest BCUT2D eigenvalue weighted by Crippen LogP contribution is -1.96. The molecule has 1 rings (SSSR count). The largest absolute Gasteiger partial charge is 0.432 e. The molecule has 0 atom stereocenters. The molecule has 62 valence electrons. The minimum absolute atomic E-state index is 0.635. The zero-order valence-electron chi connectivity index (χ0n) is 7.05. The number of hydrogen-bond acceptors (Lipinski definition) is 3. The van der Waals surface area contributed by atoms with E-state index < -0.39 is 0 Å². The van der Waals surface area contributed by atoms with Crippen LogP contribution < -0.4 is 5.32 Å². The molecule has 3 heteroatoms. The Hall–Kier alpha value is -0.990. The summed E-state index contributed by atoms with van der Waals surface area (Å²) in [6.07, 6.45) is 3.81. The topological polar surface area (TPSA) is 38.1 Å². The SMILES string of the molecule is CCCc1coc(NCC)n1. The van der Waals surface area contributed by atoms with Crippen LogP contribution in [0.1, 0.15) is 26.0 Å². The number of aryl methyl sites for hydroxylation is 1. The highest BCUT2D eigenvalue weighted by Crippen LogP contribution is 2.08. The second-order valence-electron chi connectivity index (χ2n) is 2.42. The maximum atomic E-state index is 5.14. The van der Waals surface area contributed by atoms with Crippen LogP contribution in [0.25, 0.3) is 0 Å². The first-order valence-electron chi connectivity index (χ1n) is 4.05. The van der Waals surface area contributed by atoms with E-state index in [1.54, 1.807) is 6.26 Å². The summed E-state index contributed by atoms with van der Waals surface area (Å²) >= 11 is 0. The van der Waals surface area contributed by atoms with Gasteiger partial charge in [-0.3, -0.25) is 0 Å². The van der Waals surface area contributed by atoms with E-state index in [1.807, 2.05) is 6.92 Å². The molecule has 0 aliphatic carbocycles. The molecule has 11 heavy (non-hydrogen) atoms. The van der Waals surface area contributed by atoms with E-state index >= 15 is 0 Å². The van der Waals surface area contributed by atoms with Gasteiger partial charge >= 0.3 is 0 Å². The number of anilines is 1. The number of nitrogens with one attached hydrogen (secondary N) is 1. The summed E-state index contributed by atoms with van der Waals surface area (Å²) in [6.45, 7) is 5.00. The molecule has 0 saturated heterocycles. The summed E-state index contributed by atoms with van der Waals surface area (Å²) in [5, 5.41) is 3.01. The van der Waals surface area contributed by atoms with Crippen LogP contribution in [-0.4, -0.2) is 11.5 Å². The van der Waals surface area contributed by atoms with Gasteiger partial charge in [0, 0.05) is 6.54 Å². The van der Waals surface area contributed by atoms with Crippen LogP contribution in [0.5, 0.6) is 0 Å². The Bertz CT molecular complexity index is 187. The van der Waals surface area contributed by atoms with Gasteiger partial charge in [-0.25, -0.2) is 0 Å². The van der Waals surface area contributed by atoms with Crippen molar-refractivity contribution in [2.45, 2.75) is 26.7 Å². The van der Waals surface area contributed by atoms with Crippen LogP contribution in [0.2, 0.25) is 0 Å². The normalized spacial score (nSPS) is 10.0. The summed E-state index contributed by atoms with van der Waals surface area (Å²) in [7, 11) is 0. The summed E-state index contributed by atoms with van der Waals surface area (Å²) in [4.78, 5) is 4.21. The van der Waals surface area contributed by atoms with Crippen LogP contribution in [0.3, 0.4) is 0 Å². The van der Waals surface area contributed by atoms with Gasteiger partial charge in [-0.2, -0.15) is 4.98 Å². The van der Waals surface area contributed by atoms with E-state index in [2.05, 4.69) is 17.2 Å². The predicted octanol–water partition coefficient (Wildman–Crippen LogP) is 2.06. The van der Waals surface area contributed by atoms with E-state index in [0.717, 1.165) is 25.1 Å². The third-order valence-electron chi connectivity index (χ3n) is 1.39. The Labute approximate surface area is 66.8 Å². The number of rotatable bonds is 4. The number of nitrogens with zero attached hydrogens (tertiary/aromatic N) is 1. The van der Waals surface area contributed by atoms with Crippen molar-refractivity contribution < 1.29 is 4.42 Å². The zero-order chi connectivity index (χ0) is 8.10. The van der Waals surface area contributed by atoms with E-state index in [-0.39, 0.29) is 0 Å². The molecule has 0 fully saturated rings. The van der Waals surface area contributed by atoms with Crippen LogP contribution >= 0.6 is 0 Å². The molecule has 1 aromatic heterocycles. The number of oxazole rings is 1. The number of hydrogen-bond donors (Lipinski definition) is 1. The molecule has 0 aliphatic heterocycles. The second kappa shape index (κ2) is 4.01. The van der Waals surface area contributed by atoms with Gasteiger partial charge in [-0.1, -0.05) is 13.3 Å². The third kappa shape index (κ3) is 2.26. The van der Waals surface area contributed by atoms with Crippen molar-refractivity contribution >= 4 is 6.01 Å². The molecule has 0 aliphatic rings. The Balaban J connectivity index is 2.51. The average molecular weight is 154 g/mol. The van der Waals surface area contributed by atoms with Gasteiger partial charge in [0.05, 0.1) is 5.69 Å². The predicted molar refractivity (Wildman–Crippen MR) is 44.7 cm³/mol. The molecular weight excluding hydrogens is 140 g/mol. The maximum absolute atomic E-state index is 5.14. The van der Waals surface area contributed by atoms with Crippen LogP contribution in [0.4, 0.5) is 6.01 Å². The van der Waals surface area contributed by atoms with E-state index in [4.69, 9.17) is 4.42 Å². The molecule has 1 N–H and O–H groups in total. The molecule has 0 spiro atoms. The molecule has 0 saturated carbocycles. The van der Waals surface area contributed by atoms with Crippen molar-refractivity contribution in [2.75, 3.05) is 11.9 Å². The summed E-state index contributed by atoms with van der Waals surface area (Å²) in [5.41, 5.74) is 1.03. The Morgan fingerprint density at radius 3 is 3.00 bits per heavy atom. The van der Waals surface area contributed by atoms with Crippen molar-refractivity contribution in [3.8, 4) is 0 Å². The van der Waals surface area contributed by atoms with Crippen molar-refractivity contribution in [2.24, 2.45) is 0 Å². The van der Waals surface area contributed by atoms with Crippen molar-refractivity contribution in [1.82, 2.24) is 4.98 Å². The molecule has 0 unspecified atom stereocenters. The fraction of sp³-hybridized carbons (Fsp3) is 0.625. The highest BCUT2D eigenvalue weighted by molar-refractivity contribution is 5.20. The van der Waals surface area contributed by atoms with Gasteiger partial charge in [-0.05, 0) is 13.3 Å². The molecule has 3 nitrogen and oxygen atoms in total. The van der Waals surface area contributed by atoms with Gasteiger partial charge in [0.2, 0.25) is 0 Å². The minimum Gasteiger partial charge on any atom is -0.432 e. The number of aromatic nitrogens is 1. The summed E-state index contributed by atoms with van der Waals surface area (Å²) in [5.74, 6) is 0. The smallest absolute Gasteiger partial charge is 0.294 e. The molecule has 0 aromatic carbocycles. The van der Waals surface area contributed by atoms with Crippen LogP contribution in [0.15, 0.2) is 10.7 Å². The molecule has 1 heterocycles. The van der Waals surface area contributed by atoms with E-state index in [1.165, 1.54) is 0 Å². The quantitative estimate of drug-likeness (QED) is 0.721. The van der Waals surface area contributed by atoms with E-state index in [9.17, 15) is 0 Å². The zero-order valence-corrected chi connectivity index (χ0v) is 7.05. The Morgan fingerprint density at radius 1 is 1.55 bits per heavy atom. The fourth-order valence-corrected chi connectivity index (χ4v) is 0.910. The van der Waals surface area contributed by atoms with Gasteiger partial charge in [0.25, 0.3) is 6.01 Å². The van der Waals surface area contributed by atoms with Crippen molar-refractivity contribution in [1.29, 1.82) is 0 Å². The van der Waals surface area contributed by atoms with Crippen LogP contribution in [0, 0.1) is 0 Å². The summed E-state index contributed by atoms with van der Waals surface area (Å²) < 4.78 is 5.14. The molecule has 1 aromatic rings. The summed E-state index contributed by atoms with van der Waals surface area (Å²) in [6, 6.07) is 0.635. The second-order valence-corrected chi connectivity index (χ2v) is 2.42. The van der Waals surface area contributed by atoms with Gasteiger partial charge in [0.1, 0.15) is 6.26 Å². The lowest BCUT2D eigenvalue weighted by molar-refractivity contribution is 0.570. The molecule has 0 radical (unpaired) electrons. The first-order chi connectivity index (χ1) is 5.36.